The van der Waals surface area contributed by atoms with Crippen molar-refractivity contribution in [1.82, 2.24) is 9.97 Å². The van der Waals surface area contributed by atoms with Gasteiger partial charge in [0.15, 0.2) is 5.82 Å². The minimum absolute atomic E-state index is 0.138. The molecular formula is C22H20N4O2. The molecule has 3 aromatic rings. The summed E-state index contributed by atoms with van der Waals surface area (Å²) in [6.07, 6.45) is 4.96. The Morgan fingerprint density at radius 3 is 2.36 bits per heavy atom. The van der Waals surface area contributed by atoms with E-state index in [9.17, 15) is 9.59 Å². The van der Waals surface area contributed by atoms with Gasteiger partial charge in [0.1, 0.15) is 0 Å². The molecule has 1 fully saturated rings. The predicted molar refractivity (Wildman–Crippen MR) is 108 cm³/mol. The molecule has 1 saturated heterocycles. The van der Waals surface area contributed by atoms with Crippen molar-refractivity contribution in [3.8, 4) is 11.4 Å². The highest BCUT2D eigenvalue weighted by Crippen LogP contribution is 2.22. The van der Waals surface area contributed by atoms with Gasteiger partial charge in [-0.3, -0.25) is 9.59 Å². The van der Waals surface area contributed by atoms with Crippen molar-refractivity contribution in [3.63, 3.8) is 0 Å². The molecule has 1 aliphatic rings. The van der Waals surface area contributed by atoms with Gasteiger partial charge in [0.2, 0.25) is 11.8 Å². The van der Waals surface area contributed by atoms with Crippen molar-refractivity contribution in [1.29, 1.82) is 0 Å². The number of hydrogen-bond donors (Lipinski definition) is 1. The van der Waals surface area contributed by atoms with Crippen molar-refractivity contribution in [3.05, 3.63) is 72.6 Å². The van der Waals surface area contributed by atoms with Crippen LogP contribution in [0.4, 0.5) is 11.4 Å². The van der Waals surface area contributed by atoms with Crippen LogP contribution in [0.3, 0.4) is 0 Å². The average molecular weight is 372 g/mol. The van der Waals surface area contributed by atoms with Gasteiger partial charge in [0.05, 0.1) is 24.5 Å². The summed E-state index contributed by atoms with van der Waals surface area (Å²) in [7, 11) is 0. The number of amides is 2. The second kappa shape index (κ2) is 8.00. The summed E-state index contributed by atoms with van der Waals surface area (Å²) in [6, 6.07) is 17.2. The van der Waals surface area contributed by atoms with Gasteiger partial charge < -0.3 is 10.2 Å². The summed E-state index contributed by atoms with van der Waals surface area (Å²) in [5, 5.41) is 2.82. The molecule has 0 bridgehead atoms. The highest BCUT2D eigenvalue weighted by atomic mass is 16.2. The number of aromatic nitrogens is 2. The monoisotopic (exact) mass is 372 g/mol. The summed E-state index contributed by atoms with van der Waals surface area (Å²) in [5.74, 6) is 0.635. The molecule has 0 unspecified atom stereocenters. The van der Waals surface area contributed by atoms with Crippen LogP contribution in [0.1, 0.15) is 18.4 Å². The quantitative estimate of drug-likeness (QED) is 0.744. The van der Waals surface area contributed by atoms with Crippen molar-refractivity contribution in [2.24, 2.45) is 0 Å². The molecule has 4 rings (SSSR count). The van der Waals surface area contributed by atoms with Crippen molar-refractivity contribution >= 4 is 23.2 Å². The molecule has 28 heavy (non-hydrogen) atoms. The van der Waals surface area contributed by atoms with E-state index in [0.29, 0.717) is 17.9 Å². The molecule has 0 radical (unpaired) electrons. The van der Waals surface area contributed by atoms with Gasteiger partial charge in [0, 0.05) is 24.2 Å². The van der Waals surface area contributed by atoms with Crippen LogP contribution in [0.25, 0.3) is 11.4 Å². The molecule has 0 aliphatic carbocycles. The third kappa shape index (κ3) is 4.06. The van der Waals surface area contributed by atoms with E-state index in [-0.39, 0.29) is 18.2 Å². The van der Waals surface area contributed by atoms with E-state index >= 15 is 0 Å². The Kier molecular flexibility index (Phi) is 5.10. The maximum absolute atomic E-state index is 12.3. The average Bonchev–Trinajstić information content (AvgIpc) is 3.16. The number of nitrogens with zero attached hydrogens (tertiary/aromatic N) is 3. The second-order valence-electron chi connectivity index (χ2n) is 6.70. The summed E-state index contributed by atoms with van der Waals surface area (Å²) in [6.45, 7) is 0.762. The maximum atomic E-state index is 12.3. The van der Waals surface area contributed by atoms with Crippen molar-refractivity contribution in [2.75, 3.05) is 16.8 Å². The highest BCUT2D eigenvalue weighted by molar-refractivity contribution is 5.95. The van der Waals surface area contributed by atoms with Crippen LogP contribution in [-0.2, 0) is 16.0 Å². The van der Waals surface area contributed by atoms with Gasteiger partial charge in [-0.25, -0.2) is 9.97 Å². The molecule has 2 aromatic carbocycles. The van der Waals surface area contributed by atoms with Crippen LogP contribution in [0.2, 0.25) is 0 Å². The van der Waals surface area contributed by atoms with E-state index in [1.807, 2.05) is 54.6 Å². The molecule has 0 atom stereocenters. The molecule has 1 N–H and O–H groups in total. The first-order valence-corrected chi connectivity index (χ1v) is 9.26. The summed E-state index contributed by atoms with van der Waals surface area (Å²) in [5.41, 5.74) is 3.26. The zero-order chi connectivity index (χ0) is 19.3. The third-order valence-electron chi connectivity index (χ3n) is 4.65. The lowest BCUT2D eigenvalue weighted by atomic mass is 10.1. The lowest BCUT2D eigenvalue weighted by Gasteiger charge is -2.15. The van der Waals surface area contributed by atoms with Crippen LogP contribution in [-0.4, -0.2) is 28.3 Å². The first kappa shape index (κ1) is 17.9. The Morgan fingerprint density at radius 2 is 1.71 bits per heavy atom. The zero-order valence-corrected chi connectivity index (χ0v) is 15.3. The molecular weight excluding hydrogens is 352 g/mol. The fraction of sp³-hybridized carbons (Fsp3) is 0.182. The van der Waals surface area contributed by atoms with Gasteiger partial charge in [-0.1, -0.05) is 42.5 Å². The Hall–Kier alpha value is -3.54. The van der Waals surface area contributed by atoms with E-state index < -0.39 is 0 Å². The number of carbonyl (C=O) groups is 2. The summed E-state index contributed by atoms with van der Waals surface area (Å²) < 4.78 is 0. The van der Waals surface area contributed by atoms with Gasteiger partial charge in [-0.2, -0.15) is 0 Å². The molecule has 0 spiro atoms. The molecule has 0 saturated carbocycles. The molecule has 1 aliphatic heterocycles. The fourth-order valence-corrected chi connectivity index (χ4v) is 3.23. The second-order valence-corrected chi connectivity index (χ2v) is 6.70. The normalized spacial score (nSPS) is 13.6. The fourth-order valence-electron chi connectivity index (χ4n) is 3.23. The van der Waals surface area contributed by atoms with Crippen molar-refractivity contribution < 1.29 is 9.59 Å². The number of carbonyl (C=O) groups excluding carboxylic acids is 2. The minimum atomic E-state index is -0.138. The van der Waals surface area contributed by atoms with Crippen LogP contribution in [0.5, 0.6) is 0 Å². The lowest BCUT2D eigenvalue weighted by Crippen LogP contribution is -2.23. The molecule has 140 valence electrons. The number of hydrogen-bond acceptors (Lipinski definition) is 4. The molecule has 1 aromatic heterocycles. The van der Waals surface area contributed by atoms with Gasteiger partial charge in [0.25, 0.3) is 0 Å². The van der Waals surface area contributed by atoms with E-state index in [4.69, 9.17) is 0 Å². The Balaban J connectivity index is 1.36. The van der Waals surface area contributed by atoms with Crippen LogP contribution in [0.15, 0.2) is 67.0 Å². The molecule has 2 amide bonds. The van der Waals surface area contributed by atoms with E-state index in [1.54, 1.807) is 17.3 Å². The standard InChI is InChI=1S/C22H20N4O2/c27-20(13-16-8-10-19(11-9-16)26-12-4-7-21(26)28)25-18-14-23-22(24-15-18)17-5-2-1-3-6-17/h1-3,5-6,8-11,14-15H,4,7,12-13H2,(H,25,27). The summed E-state index contributed by atoms with van der Waals surface area (Å²) in [4.78, 5) is 34.5. The predicted octanol–water partition coefficient (Wildman–Crippen LogP) is 3.45. The number of nitrogens with one attached hydrogen (secondary N) is 1. The van der Waals surface area contributed by atoms with Crippen molar-refractivity contribution in [2.45, 2.75) is 19.3 Å². The van der Waals surface area contributed by atoms with E-state index in [1.165, 1.54) is 0 Å². The Labute approximate surface area is 163 Å². The maximum Gasteiger partial charge on any atom is 0.228 e. The van der Waals surface area contributed by atoms with Crippen LogP contribution >= 0.6 is 0 Å². The molecule has 6 nitrogen and oxygen atoms in total. The van der Waals surface area contributed by atoms with E-state index in [0.717, 1.165) is 29.8 Å². The highest BCUT2D eigenvalue weighted by Gasteiger charge is 2.21. The van der Waals surface area contributed by atoms with Gasteiger partial charge in [-0.15, -0.1) is 0 Å². The minimum Gasteiger partial charge on any atom is -0.323 e. The number of rotatable bonds is 5. The number of anilines is 2. The Bertz CT molecular complexity index is 970. The van der Waals surface area contributed by atoms with Crippen LogP contribution in [0, 0.1) is 0 Å². The van der Waals surface area contributed by atoms with Gasteiger partial charge >= 0.3 is 0 Å². The number of benzene rings is 2. The first-order valence-electron chi connectivity index (χ1n) is 9.26. The van der Waals surface area contributed by atoms with Crippen LogP contribution < -0.4 is 10.2 Å². The smallest absolute Gasteiger partial charge is 0.228 e. The Morgan fingerprint density at radius 1 is 1.00 bits per heavy atom. The zero-order valence-electron chi connectivity index (χ0n) is 15.3. The largest absolute Gasteiger partial charge is 0.323 e. The third-order valence-corrected chi connectivity index (χ3v) is 4.65. The topological polar surface area (TPSA) is 75.2 Å². The lowest BCUT2D eigenvalue weighted by molar-refractivity contribution is -0.117. The van der Waals surface area contributed by atoms with Gasteiger partial charge in [-0.05, 0) is 24.1 Å². The first-order chi connectivity index (χ1) is 13.7. The molecule has 2 heterocycles. The van der Waals surface area contributed by atoms with E-state index in [2.05, 4.69) is 15.3 Å². The summed E-state index contributed by atoms with van der Waals surface area (Å²) >= 11 is 0. The SMILES string of the molecule is O=C(Cc1ccc(N2CCCC2=O)cc1)Nc1cnc(-c2ccccc2)nc1. The molecule has 6 heteroatoms.